The van der Waals surface area contributed by atoms with Gasteiger partial charge in [-0.2, -0.15) is 0 Å². The SMILES string of the molecule is Cc1cn2c(n1)CC[C@@H](NC1CC(c3ccc(F)cc3)C1)C2. The van der Waals surface area contributed by atoms with Crippen molar-refractivity contribution in [2.24, 2.45) is 0 Å². The number of aromatic nitrogens is 2. The van der Waals surface area contributed by atoms with E-state index in [-0.39, 0.29) is 5.82 Å². The summed E-state index contributed by atoms with van der Waals surface area (Å²) in [6, 6.07) is 8.15. The molecule has 0 saturated heterocycles. The first-order chi connectivity index (χ1) is 10.7. The summed E-state index contributed by atoms with van der Waals surface area (Å²) in [5, 5.41) is 3.79. The van der Waals surface area contributed by atoms with Crippen LogP contribution in [-0.2, 0) is 13.0 Å². The highest BCUT2D eigenvalue weighted by Gasteiger charge is 2.32. The van der Waals surface area contributed by atoms with E-state index in [4.69, 9.17) is 0 Å². The molecule has 1 saturated carbocycles. The highest BCUT2D eigenvalue weighted by Crippen LogP contribution is 2.37. The van der Waals surface area contributed by atoms with Crippen LogP contribution in [0, 0.1) is 12.7 Å². The summed E-state index contributed by atoms with van der Waals surface area (Å²) in [7, 11) is 0. The van der Waals surface area contributed by atoms with Crippen LogP contribution >= 0.6 is 0 Å². The third kappa shape index (κ3) is 2.68. The number of fused-ring (bicyclic) bond motifs is 1. The van der Waals surface area contributed by atoms with Crippen LogP contribution in [0.25, 0.3) is 0 Å². The lowest BCUT2D eigenvalue weighted by atomic mass is 9.75. The molecular weight excluding hydrogens is 277 g/mol. The molecule has 0 amide bonds. The van der Waals surface area contributed by atoms with Gasteiger partial charge in [-0.25, -0.2) is 9.37 Å². The van der Waals surface area contributed by atoms with Crippen molar-refractivity contribution in [3.63, 3.8) is 0 Å². The van der Waals surface area contributed by atoms with Gasteiger partial charge in [0.05, 0.1) is 5.69 Å². The Hall–Kier alpha value is -1.68. The molecule has 0 radical (unpaired) electrons. The van der Waals surface area contributed by atoms with Crippen molar-refractivity contribution < 1.29 is 4.39 Å². The van der Waals surface area contributed by atoms with Gasteiger partial charge in [0.15, 0.2) is 0 Å². The zero-order valence-corrected chi connectivity index (χ0v) is 12.9. The minimum Gasteiger partial charge on any atom is -0.333 e. The summed E-state index contributed by atoms with van der Waals surface area (Å²) in [6.45, 7) is 3.10. The number of benzene rings is 1. The molecule has 1 aliphatic carbocycles. The van der Waals surface area contributed by atoms with Crippen molar-refractivity contribution in [2.75, 3.05) is 0 Å². The molecule has 2 aromatic rings. The predicted octanol–water partition coefficient (Wildman–Crippen LogP) is 3.18. The van der Waals surface area contributed by atoms with Gasteiger partial charge in [-0.15, -0.1) is 0 Å². The number of nitrogens with one attached hydrogen (secondary N) is 1. The smallest absolute Gasteiger partial charge is 0.123 e. The van der Waals surface area contributed by atoms with E-state index in [2.05, 4.69) is 28.0 Å². The second-order valence-corrected chi connectivity index (χ2v) is 6.77. The van der Waals surface area contributed by atoms with Crippen molar-refractivity contribution in [1.29, 1.82) is 0 Å². The Kier molecular flexibility index (Phi) is 3.49. The Labute approximate surface area is 130 Å². The average molecular weight is 299 g/mol. The topological polar surface area (TPSA) is 29.9 Å². The molecule has 2 heterocycles. The molecule has 1 atom stereocenters. The van der Waals surface area contributed by atoms with Crippen molar-refractivity contribution in [3.8, 4) is 0 Å². The third-order valence-electron chi connectivity index (χ3n) is 5.06. The van der Waals surface area contributed by atoms with E-state index in [9.17, 15) is 4.39 Å². The molecule has 1 aromatic carbocycles. The van der Waals surface area contributed by atoms with Crippen LogP contribution in [0.15, 0.2) is 30.5 Å². The Balaban J connectivity index is 1.30. The molecule has 1 N–H and O–H groups in total. The number of hydrogen-bond acceptors (Lipinski definition) is 2. The summed E-state index contributed by atoms with van der Waals surface area (Å²) in [6.07, 6.45) is 6.73. The molecule has 0 bridgehead atoms. The average Bonchev–Trinajstić information content (AvgIpc) is 2.83. The molecular formula is C18H22FN3. The lowest BCUT2D eigenvalue weighted by molar-refractivity contribution is 0.239. The molecule has 3 nitrogen and oxygen atoms in total. The highest BCUT2D eigenvalue weighted by atomic mass is 19.1. The van der Waals surface area contributed by atoms with E-state index in [0.717, 1.165) is 31.5 Å². The summed E-state index contributed by atoms with van der Waals surface area (Å²) in [5.41, 5.74) is 2.39. The van der Waals surface area contributed by atoms with Crippen LogP contribution in [-0.4, -0.2) is 21.6 Å². The third-order valence-corrected chi connectivity index (χ3v) is 5.06. The van der Waals surface area contributed by atoms with E-state index in [1.807, 2.05) is 12.1 Å². The van der Waals surface area contributed by atoms with Crippen molar-refractivity contribution >= 4 is 0 Å². The van der Waals surface area contributed by atoms with Crippen LogP contribution in [0.2, 0.25) is 0 Å². The normalized spacial score (nSPS) is 27.3. The second-order valence-electron chi connectivity index (χ2n) is 6.77. The monoisotopic (exact) mass is 299 g/mol. The molecule has 2 aliphatic rings. The van der Waals surface area contributed by atoms with E-state index in [1.54, 1.807) is 12.1 Å². The van der Waals surface area contributed by atoms with Gasteiger partial charge >= 0.3 is 0 Å². The van der Waals surface area contributed by atoms with E-state index in [0.29, 0.717) is 18.0 Å². The van der Waals surface area contributed by atoms with E-state index >= 15 is 0 Å². The van der Waals surface area contributed by atoms with Crippen molar-refractivity contribution in [2.45, 2.75) is 57.2 Å². The molecule has 1 aromatic heterocycles. The van der Waals surface area contributed by atoms with Crippen LogP contribution in [0.4, 0.5) is 4.39 Å². The quantitative estimate of drug-likeness (QED) is 0.943. The lowest BCUT2D eigenvalue weighted by Gasteiger charge is -2.39. The van der Waals surface area contributed by atoms with Crippen molar-refractivity contribution in [1.82, 2.24) is 14.9 Å². The Bertz CT molecular complexity index is 655. The van der Waals surface area contributed by atoms with Gasteiger partial charge in [0.2, 0.25) is 0 Å². The summed E-state index contributed by atoms with van der Waals surface area (Å²) in [5.74, 6) is 1.67. The number of aryl methyl sites for hydroxylation is 2. The zero-order chi connectivity index (χ0) is 15.1. The van der Waals surface area contributed by atoms with Gasteiger partial charge in [0.25, 0.3) is 0 Å². The van der Waals surface area contributed by atoms with Gasteiger partial charge in [-0.3, -0.25) is 0 Å². The molecule has 116 valence electrons. The molecule has 0 spiro atoms. The Morgan fingerprint density at radius 1 is 1.18 bits per heavy atom. The molecule has 4 heteroatoms. The van der Waals surface area contributed by atoms with E-state index in [1.165, 1.54) is 17.8 Å². The first kappa shape index (κ1) is 13.9. The molecule has 0 unspecified atom stereocenters. The lowest BCUT2D eigenvalue weighted by Crippen LogP contribution is -2.48. The molecule has 1 fully saturated rings. The zero-order valence-electron chi connectivity index (χ0n) is 12.9. The molecule has 4 rings (SSSR count). The first-order valence-corrected chi connectivity index (χ1v) is 8.21. The van der Waals surface area contributed by atoms with Gasteiger partial charge in [-0.1, -0.05) is 12.1 Å². The first-order valence-electron chi connectivity index (χ1n) is 8.21. The van der Waals surface area contributed by atoms with Gasteiger partial charge in [0, 0.05) is 31.2 Å². The van der Waals surface area contributed by atoms with Crippen LogP contribution in [0.5, 0.6) is 0 Å². The number of rotatable bonds is 3. The minimum atomic E-state index is -0.147. The fourth-order valence-electron chi connectivity index (χ4n) is 3.82. The van der Waals surface area contributed by atoms with Gasteiger partial charge in [0.1, 0.15) is 11.6 Å². The van der Waals surface area contributed by atoms with Gasteiger partial charge in [-0.05, 0) is 49.8 Å². The maximum atomic E-state index is 13.0. The molecule has 22 heavy (non-hydrogen) atoms. The van der Waals surface area contributed by atoms with Gasteiger partial charge < -0.3 is 9.88 Å². The number of hydrogen-bond donors (Lipinski definition) is 1. The minimum absolute atomic E-state index is 0.147. The largest absolute Gasteiger partial charge is 0.333 e. The Morgan fingerprint density at radius 3 is 2.73 bits per heavy atom. The number of nitrogens with zero attached hydrogens (tertiary/aromatic N) is 2. The standard InChI is InChI=1S/C18H22FN3/c1-12-10-22-11-16(6-7-18(22)20-12)21-17-8-14(9-17)13-2-4-15(19)5-3-13/h2-5,10,14,16-17,21H,6-9,11H2,1H3/t14?,16-,17?/m1/s1. The summed E-state index contributed by atoms with van der Waals surface area (Å²) in [4.78, 5) is 4.56. The maximum absolute atomic E-state index is 13.0. The molecule has 1 aliphatic heterocycles. The Morgan fingerprint density at radius 2 is 1.95 bits per heavy atom. The van der Waals surface area contributed by atoms with Crippen LogP contribution < -0.4 is 5.32 Å². The van der Waals surface area contributed by atoms with Crippen LogP contribution in [0.1, 0.15) is 42.3 Å². The summed E-state index contributed by atoms with van der Waals surface area (Å²) < 4.78 is 15.3. The predicted molar refractivity (Wildman–Crippen MR) is 84.4 cm³/mol. The van der Waals surface area contributed by atoms with E-state index < -0.39 is 0 Å². The van der Waals surface area contributed by atoms with Crippen LogP contribution in [0.3, 0.4) is 0 Å². The fraction of sp³-hybridized carbons (Fsp3) is 0.500. The number of imidazole rings is 1. The number of halogens is 1. The highest BCUT2D eigenvalue weighted by molar-refractivity contribution is 5.23. The fourth-order valence-corrected chi connectivity index (χ4v) is 3.82. The van der Waals surface area contributed by atoms with Crippen molar-refractivity contribution in [3.05, 3.63) is 53.4 Å². The maximum Gasteiger partial charge on any atom is 0.123 e. The second kappa shape index (κ2) is 5.51. The summed E-state index contributed by atoms with van der Waals surface area (Å²) >= 11 is 0.